The number of thiazole rings is 1. The summed E-state index contributed by atoms with van der Waals surface area (Å²) in [5.74, 6) is -1.12. The molecule has 0 amide bonds. The summed E-state index contributed by atoms with van der Waals surface area (Å²) in [6.07, 6.45) is 3.99. The van der Waals surface area contributed by atoms with Crippen LogP contribution in [0.1, 0.15) is 23.4 Å². The molecule has 0 saturated heterocycles. The average Bonchev–Trinajstić information content (AvgIpc) is 2.66. The third kappa shape index (κ3) is 1.82. The smallest absolute Gasteiger partial charge is 0.166 e. The van der Waals surface area contributed by atoms with E-state index >= 15 is 0 Å². The maximum Gasteiger partial charge on any atom is 0.166 e. The molecule has 1 aromatic heterocycles. The first-order valence-corrected chi connectivity index (χ1v) is 7.09. The maximum absolute atomic E-state index is 13.9. The third-order valence-corrected chi connectivity index (χ3v) is 4.69. The van der Waals surface area contributed by atoms with Gasteiger partial charge in [-0.15, -0.1) is 11.3 Å². The molecule has 0 saturated carbocycles. The summed E-state index contributed by atoms with van der Waals surface area (Å²) in [4.78, 5) is 1.17. The predicted molar refractivity (Wildman–Crippen MR) is 71.0 cm³/mol. The molecule has 5 heteroatoms. The van der Waals surface area contributed by atoms with E-state index in [4.69, 9.17) is 12.2 Å². The van der Waals surface area contributed by atoms with Crippen LogP contribution in [0, 0.1) is 15.6 Å². The highest BCUT2D eigenvalue weighted by atomic mass is 32.1. The van der Waals surface area contributed by atoms with Gasteiger partial charge in [0.2, 0.25) is 0 Å². The molecule has 3 rings (SSSR count). The van der Waals surface area contributed by atoms with Crippen LogP contribution in [-0.4, -0.2) is 4.57 Å². The quantitative estimate of drug-likeness (QED) is 0.701. The van der Waals surface area contributed by atoms with Crippen LogP contribution >= 0.6 is 23.6 Å². The van der Waals surface area contributed by atoms with Gasteiger partial charge >= 0.3 is 0 Å². The highest BCUT2D eigenvalue weighted by Gasteiger charge is 2.21. The molecule has 0 aliphatic heterocycles. The lowest BCUT2D eigenvalue weighted by atomic mass is 10.0. The van der Waals surface area contributed by atoms with Crippen LogP contribution in [0.25, 0.3) is 5.69 Å². The molecule has 0 unspecified atom stereocenters. The Morgan fingerprint density at radius 3 is 2.50 bits per heavy atom. The van der Waals surface area contributed by atoms with Crippen molar-refractivity contribution in [3.63, 3.8) is 0 Å². The number of benzene rings is 1. The number of halogens is 2. The van der Waals surface area contributed by atoms with Crippen molar-refractivity contribution in [3.05, 3.63) is 44.4 Å². The Hall–Kier alpha value is -1.07. The summed E-state index contributed by atoms with van der Waals surface area (Å²) in [6, 6.07) is 3.91. The van der Waals surface area contributed by atoms with Gasteiger partial charge in [0.15, 0.2) is 3.95 Å². The fraction of sp³-hybridized carbons (Fsp3) is 0.308. The molecule has 0 bridgehead atoms. The second-order valence-electron chi connectivity index (χ2n) is 4.35. The van der Waals surface area contributed by atoms with Crippen LogP contribution in [0.2, 0.25) is 0 Å². The zero-order chi connectivity index (χ0) is 12.7. The predicted octanol–water partition coefficient (Wildman–Crippen LogP) is 4.43. The van der Waals surface area contributed by atoms with Crippen LogP contribution in [0.3, 0.4) is 0 Å². The average molecular weight is 283 g/mol. The first-order chi connectivity index (χ1) is 8.68. The minimum Gasteiger partial charge on any atom is -0.290 e. The minimum atomic E-state index is -0.558. The Labute approximate surface area is 113 Å². The molecular formula is C13H11F2NS2. The van der Waals surface area contributed by atoms with Crippen molar-refractivity contribution in [2.75, 3.05) is 0 Å². The lowest BCUT2D eigenvalue weighted by Crippen LogP contribution is -2.09. The van der Waals surface area contributed by atoms with Crippen molar-refractivity contribution in [2.24, 2.45) is 0 Å². The van der Waals surface area contributed by atoms with E-state index in [1.807, 2.05) is 0 Å². The van der Waals surface area contributed by atoms with Crippen LogP contribution in [0.15, 0.2) is 18.2 Å². The van der Waals surface area contributed by atoms with Crippen LogP contribution in [0.4, 0.5) is 8.78 Å². The minimum absolute atomic E-state index is 0.0260. The molecule has 1 nitrogen and oxygen atoms in total. The zero-order valence-electron chi connectivity index (χ0n) is 9.58. The van der Waals surface area contributed by atoms with E-state index in [1.165, 1.54) is 34.4 Å². The molecular weight excluding hydrogens is 272 g/mol. The number of rotatable bonds is 1. The molecule has 0 fully saturated rings. The van der Waals surface area contributed by atoms with Crippen molar-refractivity contribution in [1.82, 2.24) is 4.57 Å². The van der Waals surface area contributed by atoms with E-state index in [1.54, 1.807) is 4.57 Å². The monoisotopic (exact) mass is 283 g/mol. The standard InChI is InChI=1S/C13H11F2NS2/c14-8-4-3-5-9(15)12(8)16-10-6-1-2-7-11(10)18-13(16)17/h3-5H,1-2,6-7H2. The molecule has 94 valence electrons. The Balaban J connectivity index is 2.29. The molecule has 0 radical (unpaired) electrons. The zero-order valence-corrected chi connectivity index (χ0v) is 11.2. The highest BCUT2D eigenvalue weighted by Crippen LogP contribution is 2.32. The Bertz CT molecular complexity index is 637. The first-order valence-electron chi connectivity index (χ1n) is 5.86. The van der Waals surface area contributed by atoms with Crippen LogP contribution in [0.5, 0.6) is 0 Å². The van der Waals surface area contributed by atoms with E-state index < -0.39 is 11.6 Å². The van der Waals surface area contributed by atoms with Gasteiger partial charge < -0.3 is 0 Å². The fourth-order valence-corrected chi connectivity index (χ4v) is 3.96. The Morgan fingerprint density at radius 1 is 1.11 bits per heavy atom. The molecule has 2 aromatic rings. The number of hydrogen-bond acceptors (Lipinski definition) is 2. The lowest BCUT2D eigenvalue weighted by molar-refractivity contribution is 0.561. The van der Waals surface area contributed by atoms with Gasteiger partial charge in [0.1, 0.15) is 17.3 Å². The largest absolute Gasteiger partial charge is 0.290 e. The lowest BCUT2D eigenvalue weighted by Gasteiger charge is -2.15. The molecule has 1 heterocycles. The second-order valence-corrected chi connectivity index (χ2v) is 6.08. The van der Waals surface area contributed by atoms with Crippen molar-refractivity contribution >= 4 is 23.6 Å². The van der Waals surface area contributed by atoms with Gasteiger partial charge in [0.25, 0.3) is 0 Å². The van der Waals surface area contributed by atoms with Crippen molar-refractivity contribution in [3.8, 4) is 5.69 Å². The van der Waals surface area contributed by atoms with Gasteiger partial charge in [-0.1, -0.05) is 6.07 Å². The summed E-state index contributed by atoms with van der Waals surface area (Å²) >= 11 is 6.74. The van der Waals surface area contributed by atoms with Crippen molar-refractivity contribution < 1.29 is 8.78 Å². The molecule has 1 aliphatic rings. The van der Waals surface area contributed by atoms with Gasteiger partial charge in [-0.3, -0.25) is 4.57 Å². The first kappa shape index (κ1) is 12.0. The fourth-order valence-electron chi connectivity index (χ4n) is 2.40. The number of para-hydroxylation sites is 1. The van der Waals surface area contributed by atoms with Gasteiger partial charge in [0, 0.05) is 10.6 Å². The molecule has 1 aliphatic carbocycles. The van der Waals surface area contributed by atoms with E-state index in [-0.39, 0.29) is 5.69 Å². The SMILES string of the molecule is Fc1cccc(F)c1-n1c2c(sc1=S)CCCC2. The van der Waals surface area contributed by atoms with Gasteiger partial charge in [-0.2, -0.15) is 0 Å². The van der Waals surface area contributed by atoms with Crippen LogP contribution < -0.4 is 0 Å². The normalized spacial score (nSPS) is 14.6. The molecule has 0 atom stereocenters. The second kappa shape index (κ2) is 4.55. The summed E-state index contributed by atoms with van der Waals surface area (Å²) < 4.78 is 29.8. The molecule has 0 spiro atoms. The Kier molecular flexibility index (Phi) is 3.03. The summed E-state index contributed by atoms with van der Waals surface area (Å²) in [5, 5.41) is 0. The van der Waals surface area contributed by atoms with Gasteiger partial charge in [-0.05, 0) is 50.0 Å². The van der Waals surface area contributed by atoms with Gasteiger partial charge in [0.05, 0.1) is 0 Å². The number of aryl methyl sites for hydroxylation is 1. The number of fused-ring (bicyclic) bond motifs is 1. The number of nitrogens with zero attached hydrogens (tertiary/aromatic N) is 1. The van der Waals surface area contributed by atoms with Crippen LogP contribution in [-0.2, 0) is 12.8 Å². The van der Waals surface area contributed by atoms with E-state index in [9.17, 15) is 8.78 Å². The van der Waals surface area contributed by atoms with E-state index in [0.717, 1.165) is 31.4 Å². The molecule has 0 N–H and O–H groups in total. The highest BCUT2D eigenvalue weighted by molar-refractivity contribution is 7.73. The van der Waals surface area contributed by atoms with E-state index in [2.05, 4.69) is 0 Å². The Morgan fingerprint density at radius 2 is 1.78 bits per heavy atom. The molecule has 18 heavy (non-hydrogen) atoms. The van der Waals surface area contributed by atoms with E-state index in [0.29, 0.717) is 3.95 Å². The summed E-state index contributed by atoms with van der Waals surface area (Å²) in [5.41, 5.74) is 0.960. The third-order valence-electron chi connectivity index (χ3n) is 3.21. The number of hydrogen-bond donors (Lipinski definition) is 0. The summed E-state index contributed by atoms with van der Waals surface area (Å²) in [6.45, 7) is 0. The van der Waals surface area contributed by atoms with Crippen molar-refractivity contribution in [1.29, 1.82) is 0 Å². The molecule has 1 aromatic carbocycles. The summed E-state index contributed by atoms with van der Waals surface area (Å²) in [7, 11) is 0. The topological polar surface area (TPSA) is 4.93 Å². The maximum atomic E-state index is 13.9. The number of aromatic nitrogens is 1. The van der Waals surface area contributed by atoms with Crippen molar-refractivity contribution in [2.45, 2.75) is 25.7 Å². The van der Waals surface area contributed by atoms with Gasteiger partial charge in [-0.25, -0.2) is 8.78 Å².